The van der Waals surface area contributed by atoms with Crippen molar-refractivity contribution in [3.8, 4) is 0 Å². The largest absolute Gasteiger partial charge is 0.478 e. The normalized spacial score (nSPS) is 19.6. The number of carboxylic acid groups (broad SMARTS) is 1. The molecule has 1 aliphatic rings. The van der Waals surface area contributed by atoms with Crippen LogP contribution >= 0.6 is 0 Å². The van der Waals surface area contributed by atoms with Gasteiger partial charge in [-0.3, -0.25) is 4.79 Å². The van der Waals surface area contributed by atoms with Crippen LogP contribution in [0.4, 0.5) is 4.39 Å². The predicted octanol–water partition coefficient (Wildman–Crippen LogP) is 0.975. The van der Waals surface area contributed by atoms with Crippen molar-refractivity contribution in [1.29, 1.82) is 0 Å². The van der Waals surface area contributed by atoms with E-state index in [1.807, 2.05) is 0 Å². The maximum Gasteiger partial charge on any atom is 0.336 e. The third-order valence-electron chi connectivity index (χ3n) is 3.29. The molecule has 2 rings (SSSR count). The van der Waals surface area contributed by atoms with Crippen LogP contribution in [-0.2, 0) is 21.4 Å². The highest BCUT2D eigenvalue weighted by Gasteiger charge is 2.60. The van der Waals surface area contributed by atoms with E-state index in [4.69, 9.17) is 5.11 Å². The third kappa shape index (κ3) is 1.87. The second kappa shape index (κ2) is 4.27. The van der Waals surface area contributed by atoms with E-state index in [0.717, 1.165) is 18.2 Å². The highest BCUT2D eigenvalue weighted by Crippen LogP contribution is 2.36. The molecular formula is C12H12FNO5S. The summed E-state index contributed by atoms with van der Waals surface area (Å²) in [6, 6.07) is 2.91. The summed E-state index contributed by atoms with van der Waals surface area (Å²) < 4.78 is 36.0. The van der Waals surface area contributed by atoms with E-state index in [1.54, 1.807) is 0 Å². The number of amides is 1. The van der Waals surface area contributed by atoms with Gasteiger partial charge in [-0.2, -0.15) is 0 Å². The molecule has 1 fully saturated rings. The van der Waals surface area contributed by atoms with E-state index >= 15 is 0 Å². The highest BCUT2D eigenvalue weighted by molar-refractivity contribution is 7.94. The van der Waals surface area contributed by atoms with Crippen LogP contribution in [0.25, 0.3) is 0 Å². The van der Waals surface area contributed by atoms with Crippen molar-refractivity contribution in [3.05, 3.63) is 35.1 Å². The molecule has 0 aromatic heterocycles. The monoisotopic (exact) mass is 301 g/mol. The Kier molecular flexibility index (Phi) is 3.09. The molecule has 0 unspecified atom stereocenters. The van der Waals surface area contributed by atoms with Gasteiger partial charge >= 0.3 is 5.97 Å². The van der Waals surface area contributed by atoms with Gasteiger partial charge in [-0.1, -0.05) is 0 Å². The number of aromatic carboxylic acids is 1. The first-order valence-corrected chi connectivity index (χ1v) is 7.11. The van der Waals surface area contributed by atoms with Crippen LogP contribution in [0.1, 0.15) is 29.8 Å². The van der Waals surface area contributed by atoms with Gasteiger partial charge in [0.2, 0.25) is 0 Å². The van der Waals surface area contributed by atoms with Crippen LogP contribution in [0.3, 0.4) is 0 Å². The lowest BCUT2D eigenvalue weighted by molar-refractivity contribution is -0.132. The first kappa shape index (κ1) is 14.4. The topological polar surface area (TPSA) is 91.8 Å². The van der Waals surface area contributed by atoms with Gasteiger partial charge in [0.15, 0.2) is 4.75 Å². The van der Waals surface area contributed by atoms with E-state index < -0.39 is 39.0 Å². The number of hydrogen-bond donors (Lipinski definition) is 1. The number of nitrogens with zero attached hydrogens (tertiary/aromatic N) is 1. The average molecular weight is 301 g/mol. The van der Waals surface area contributed by atoms with E-state index in [1.165, 1.54) is 13.8 Å². The van der Waals surface area contributed by atoms with E-state index in [2.05, 4.69) is 0 Å². The molecule has 0 atom stereocenters. The molecule has 20 heavy (non-hydrogen) atoms. The van der Waals surface area contributed by atoms with Crippen LogP contribution < -0.4 is 0 Å². The van der Waals surface area contributed by atoms with Gasteiger partial charge in [0.05, 0.1) is 12.1 Å². The molecule has 0 aliphatic carbocycles. The molecule has 1 aliphatic heterocycles. The van der Waals surface area contributed by atoms with Crippen molar-refractivity contribution in [2.24, 2.45) is 0 Å². The molecule has 1 amide bonds. The van der Waals surface area contributed by atoms with Crippen molar-refractivity contribution < 1.29 is 27.5 Å². The quantitative estimate of drug-likeness (QED) is 0.898. The summed E-state index contributed by atoms with van der Waals surface area (Å²) in [6.07, 6.45) is 0. The number of hydrogen-bond acceptors (Lipinski definition) is 4. The Hall–Kier alpha value is -1.96. The predicted molar refractivity (Wildman–Crippen MR) is 66.9 cm³/mol. The minimum absolute atomic E-state index is 0.0649. The van der Waals surface area contributed by atoms with Crippen molar-refractivity contribution in [2.75, 3.05) is 0 Å². The van der Waals surface area contributed by atoms with Gasteiger partial charge in [-0.05, 0) is 37.6 Å². The van der Waals surface area contributed by atoms with E-state index in [0.29, 0.717) is 4.31 Å². The van der Waals surface area contributed by atoms with Crippen molar-refractivity contribution in [1.82, 2.24) is 4.31 Å². The second-order valence-electron chi connectivity index (χ2n) is 4.93. The molecule has 1 aromatic rings. The average Bonchev–Trinajstić information content (AvgIpc) is 2.34. The maximum absolute atomic E-state index is 13.2. The lowest BCUT2D eigenvalue weighted by Gasteiger charge is -2.43. The molecule has 0 bridgehead atoms. The third-order valence-corrected chi connectivity index (χ3v) is 5.63. The van der Waals surface area contributed by atoms with E-state index in [9.17, 15) is 22.4 Å². The fourth-order valence-electron chi connectivity index (χ4n) is 1.97. The second-order valence-corrected chi connectivity index (χ2v) is 7.35. The Labute approximate surface area is 114 Å². The summed E-state index contributed by atoms with van der Waals surface area (Å²) in [5.41, 5.74) is -0.302. The first-order chi connectivity index (χ1) is 9.09. The zero-order valence-electron chi connectivity index (χ0n) is 10.8. The lowest BCUT2D eigenvalue weighted by atomic mass is 10.1. The van der Waals surface area contributed by atoms with Gasteiger partial charge in [0.25, 0.3) is 15.9 Å². The van der Waals surface area contributed by atoms with Gasteiger partial charge in [-0.15, -0.1) is 0 Å². The van der Waals surface area contributed by atoms with Crippen LogP contribution in [-0.4, -0.2) is 34.5 Å². The Morgan fingerprint density at radius 1 is 1.40 bits per heavy atom. The SMILES string of the molecule is CC1(C)C(=O)N(Cc2cc(F)ccc2C(=O)O)S1(=O)=O. The lowest BCUT2D eigenvalue weighted by Crippen LogP contribution is -2.66. The standard InChI is InChI=1S/C12H12FNO5S/c1-12(2)11(17)14(20(12,18)19)6-7-5-8(13)3-4-9(7)10(15)16/h3-5H,6H2,1-2H3,(H,15,16). The van der Waals surface area contributed by atoms with Gasteiger partial charge in [0, 0.05) is 0 Å². The Balaban J connectivity index is 2.40. The molecule has 8 heteroatoms. The fraction of sp³-hybridized carbons (Fsp3) is 0.333. The summed E-state index contributed by atoms with van der Waals surface area (Å²) >= 11 is 0. The molecule has 108 valence electrons. The number of halogens is 1. The van der Waals surface area contributed by atoms with Crippen molar-refractivity contribution in [2.45, 2.75) is 25.1 Å². The van der Waals surface area contributed by atoms with Gasteiger partial charge < -0.3 is 5.11 Å². The Bertz CT molecular complexity index is 711. The molecule has 1 N–H and O–H groups in total. The fourth-order valence-corrected chi connectivity index (χ4v) is 3.47. The molecule has 6 nitrogen and oxygen atoms in total. The summed E-state index contributed by atoms with van der Waals surface area (Å²) in [5, 5.41) is 8.98. The molecule has 0 spiro atoms. The van der Waals surface area contributed by atoms with Crippen LogP contribution in [0.5, 0.6) is 0 Å². The zero-order chi connectivity index (χ0) is 15.3. The number of sulfonamides is 1. The zero-order valence-corrected chi connectivity index (χ0v) is 11.6. The van der Waals surface area contributed by atoms with Gasteiger partial charge in [0.1, 0.15) is 5.82 Å². The first-order valence-electron chi connectivity index (χ1n) is 5.67. The van der Waals surface area contributed by atoms with Crippen molar-refractivity contribution >= 4 is 21.9 Å². The molecule has 1 saturated heterocycles. The van der Waals surface area contributed by atoms with E-state index in [-0.39, 0.29) is 11.1 Å². The van der Waals surface area contributed by atoms with Crippen LogP contribution in [0.15, 0.2) is 18.2 Å². The molecule has 0 saturated carbocycles. The van der Waals surface area contributed by atoms with Gasteiger partial charge in [-0.25, -0.2) is 21.9 Å². The summed E-state index contributed by atoms with van der Waals surface area (Å²) in [5.74, 6) is -2.66. The molecule has 1 heterocycles. The number of carbonyl (C=O) groups is 2. The number of benzene rings is 1. The highest BCUT2D eigenvalue weighted by atomic mass is 32.2. The van der Waals surface area contributed by atoms with Crippen LogP contribution in [0, 0.1) is 5.82 Å². The minimum atomic E-state index is -3.83. The number of rotatable bonds is 3. The molecule has 1 aromatic carbocycles. The Morgan fingerprint density at radius 2 is 2.00 bits per heavy atom. The number of carbonyl (C=O) groups excluding carboxylic acids is 1. The maximum atomic E-state index is 13.2. The molecule has 0 radical (unpaired) electrons. The van der Waals surface area contributed by atoms with Crippen LogP contribution in [0.2, 0.25) is 0 Å². The Morgan fingerprint density at radius 3 is 2.50 bits per heavy atom. The summed E-state index contributed by atoms with van der Waals surface area (Å²) in [4.78, 5) is 22.8. The summed E-state index contributed by atoms with van der Waals surface area (Å²) in [6.45, 7) is 2.06. The summed E-state index contributed by atoms with van der Waals surface area (Å²) in [7, 11) is -3.83. The van der Waals surface area contributed by atoms with Crippen molar-refractivity contribution in [3.63, 3.8) is 0 Å². The molecular weight excluding hydrogens is 289 g/mol. The number of carboxylic acids is 1. The smallest absolute Gasteiger partial charge is 0.336 e. The minimum Gasteiger partial charge on any atom is -0.478 e.